The molecule has 1 N–H and O–H groups in total. The van der Waals surface area contributed by atoms with Gasteiger partial charge in [-0.25, -0.2) is 0 Å². The Morgan fingerprint density at radius 2 is 1.85 bits per heavy atom. The van der Waals surface area contributed by atoms with Crippen molar-refractivity contribution in [1.29, 1.82) is 0 Å². The van der Waals surface area contributed by atoms with Gasteiger partial charge in [-0.05, 0) is 74.4 Å². The number of hydrogen-bond donors (Lipinski definition) is 1. The lowest BCUT2D eigenvalue weighted by atomic mass is 9.83. The second-order valence-electron chi connectivity index (χ2n) is 11.1. The van der Waals surface area contributed by atoms with Crippen molar-refractivity contribution >= 4 is 23.2 Å². The van der Waals surface area contributed by atoms with E-state index in [9.17, 15) is 14.4 Å². The number of likely N-dealkylation sites (tertiary alicyclic amines) is 1. The topological polar surface area (TPSA) is 87.5 Å². The van der Waals surface area contributed by atoms with E-state index in [0.717, 1.165) is 63.1 Å². The summed E-state index contributed by atoms with van der Waals surface area (Å²) in [5.41, 5.74) is 3.79. The summed E-state index contributed by atoms with van der Waals surface area (Å²) in [7, 11) is 0. The smallest absolute Gasteiger partial charge is 0.255 e. The number of fused-ring (bicyclic) bond motifs is 4. The molecule has 8 heteroatoms. The highest BCUT2D eigenvalue weighted by Gasteiger charge is 2.36. The SMILES string of the molecule is CCC1CCCCN1C(=O)c1ccc(N2CC3CC(C2)c2cccc(=O)n2C3)c(NC(=O)c2ccncc2)c1. The van der Waals surface area contributed by atoms with Crippen molar-refractivity contribution in [2.45, 2.75) is 57.5 Å². The lowest BCUT2D eigenvalue weighted by molar-refractivity contribution is 0.0608. The van der Waals surface area contributed by atoms with Gasteiger partial charge in [-0.15, -0.1) is 0 Å². The van der Waals surface area contributed by atoms with Gasteiger partial charge in [0.05, 0.1) is 11.4 Å². The summed E-state index contributed by atoms with van der Waals surface area (Å²) in [5, 5.41) is 3.11. The second kappa shape index (κ2) is 10.7. The largest absolute Gasteiger partial charge is 0.369 e. The molecule has 0 radical (unpaired) electrons. The molecule has 39 heavy (non-hydrogen) atoms. The van der Waals surface area contributed by atoms with Crippen molar-refractivity contribution in [3.05, 3.63) is 88.1 Å². The van der Waals surface area contributed by atoms with Crippen LogP contribution < -0.4 is 15.8 Å². The highest BCUT2D eigenvalue weighted by Crippen LogP contribution is 2.39. The van der Waals surface area contributed by atoms with Crippen LogP contribution in [-0.4, -0.2) is 51.9 Å². The van der Waals surface area contributed by atoms with Gasteiger partial charge in [0, 0.05) is 73.4 Å². The summed E-state index contributed by atoms with van der Waals surface area (Å²) in [4.78, 5) is 47.7. The molecule has 202 valence electrons. The number of amides is 2. The number of hydrogen-bond acceptors (Lipinski definition) is 5. The Labute approximate surface area is 228 Å². The third-order valence-electron chi connectivity index (χ3n) is 8.61. The van der Waals surface area contributed by atoms with Gasteiger partial charge in [-0.3, -0.25) is 19.4 Å². The zero-order valence-electron chi connectivity index (χ0n) is 22.4. The van der Waals surface area contributed by atoms with Crippen LogP contribution in [0.1, 0.15) is 71.4 Å². The number of piperidine rings is 2. The molecule has 1 aromatic carbocycles. The minimum atomic E-state index is -0.234. The average Bonchev–Trinajstić information content (AvgIpc) is 2.97. The number of aromatic nitrogens is 2. The van der Waals surface area contributed by atoms with E-state index in [0.29, 0.717) is 29.3 Å². The molecule has 2 bridgehead atoms. The molecule has 2 aromatic heterocycles. The number of nitrogens with zero attached hydrogens (tertiary/aromatic N) is 4. The number of rotatable bonds is 5. The summed E-state index contributed by atoms with van der Waals surface area (Å²) in [5.74, 6) is 0.355. The Bertz CT molecular complexity index is 1440. The predicted octanol–water partition coefficient (Wildman–Crippen LogP) is 4.52. The van der Waals surface area contributed by atoms with Crippen LogP contribution in [0.25, 0.3) is 0 Å². The number of nitrogens with one attached hydrogen (secondary N) is 1. The summed E-state index contributed by atoms with van der Waals surface area (Å²) in [6, 6.07) is 14.9. The molecule has 3 unspecified atom stereocenters. The minimum Gasteiger partial charge on any atom is -0.369 e. The average molecular weight is 526 g/mol. The van der Waals surface area contributed by atoms with Crippen LogP contribution >= 0.6 is 0 Å². The molecule has 2 fully saturated rings. The molecule has 3 aromatic rings. The Morgan fingerprint density at radius 3 is 2.67 bits per heavy atom. The molecule has 3 atom stereocenters. The zero-order valence-corrected chi connectivity index (χ0v) is 22.4. The molecule has 2 amide bonds. The van der Waals surface area contributed by atoms with E-state index in [2.05, 4.69) is 28.2 Å². The molecule has 2 saturated heterocycles. The molecule has 0 aliphatic carbocycles. The maximum Gasteiger partial charge on any atom is 0.255 e. The van der Waals surface area contributed by atoms with Crippen molar-refractivity contribution in [3.8, 4) is 0 Å². The van der Waals surface area contributed by atoms with E-state index < -0.39 is 0 Å². The molecule has 3 aliphatic heterocycles. The van der Waals surface area contributed by atoms with Crippen molar-refractivity contribution in [1.82, 2.24) is 14.5 Å². The van der Waals surface area contributed by atoms with Gasteiger partial charge >= 0.3 is 0 Å². The number of benzene rings is 1. The quantitative estimate of drug-likeness (QED) is 0.529. The normalized spacial score (nSPS) is 22.2. The first-order chi connectivity index (χ1) is 19.0. The number of carbonyl (C=O) groups excluding carboxylic acids is 2. The summed E-state index contributed by atoms with van der Waals surface area (Å²) in [6.07, 6.45) is 8.39. The van der Waals surface area contributed by atoms with Crippen molar-refractivity contribution in [2.24, 2.45) is 5.92 Å². The monoisotopic (exact) mass is 525 g/mol. The van der Waals surface area contributed by atoms with Gasteiger partial charge in [0.1, 0.15) is 0 Å². The third-order valence-corrected chi connectivity index (χ3v) is 8.61. The van der Waals surface area contributed by atoms with E-state index in [-0.39, 0.29) is 29.3 Å². The first-order valence-corrected chi connectivity index (χ1v) is 14.1. The summed E-state index contributed by atoms with van der Waals surface area (Å²) < 4.78 is 1.92. The fraction of sp³-hybridized carbons (Fsp3) is 0.419. The van der Waals surface area contributed by atoms with E-state index in [1.54, 1.807) is 30.6 Å². The summed E-state index contributed by atoms with van der Waals surface area (Å²) >= 11 is 0. The Kier molecular flexibility index (Phi) is 6.94. The maximum atomic E-state index is 13.7. The van der Waals surface area contributed by atoms with E-state index >= 15 is 0 Å². The van der Waals surface area contributed by atoms with Gasteiger partial charge in [-0.2, -0.15) is 0 Å². The standard InChI is InChI=1S/C31H35N5O3/c1-2-25-6-3-4-15-35(25)31(39)23-9-10-28(26(17-23)33-30(38)22-11-13-32-14-12-22)34-18-21-16-24(20-34)27-7-5-8-29(37)36(27)19-21/h5,7-14,17,21,24-25H,2-4,6,15-16,18-20H2,1H3,(H,33,38). The molecular formula is C31H35N5O3. The molecule has 8 nitrogen and oxygen atoms in total. The fourth-order valence-corrected chi connectivity index (χ4v) is 6.69. The zero-order chi connectivity index (χ0) is 26.9. The molecule has 6 rings (SSSR count). The maximum absolute atomic E-state index is 13.7. The van der Waals surface area contributed by atoms with Crippen molar-refractivity contribution in [3.63, 3.8) is 0 Å². The van der Waals surface area contributed by atoms with Crippen molar-refractivity contribution in [2.75, 3.05) is 29.9 Å². The first kappa shape index (κ1) is 25.3. The van der Waals surface area contributed by atoms with Crippen LogP contribution in [0, 0.1) is 5.92 Å². The van der Waals surface area contributed by atoms with Crippen LogP contribution in [-0.2, 0) is 6.54 Å². The number of carbonyl (C=O) groups is 2. The van der Waals surface area contributed by atoms with E-state index in [1.807, 2.05) is 33.7 Å². The minimum absolute atomic E-state index is 0.0244. The Hall–Kier alpha value is -3.94. The van der Waals surface area contributed by atoms with Gasteiger partial charge in [-0.1, -0.05) is 13.0 Å². The van der Waals surface area contributed by atoms with E-state index in [4.69, 9.17) is 0 Å². The molecule has 3 aliphatic rings. The first-order valence-electron chi connectivity index (χ1n) is 14.1. The van der Waals surface area contributed by atoms with Crippen LogP contribution in [0.4, 0.5) is 11.4 Å². The number of anilines is 2. The second-order valence-corrected chi connectivity index (χ2v) is 11.1. The molecule has 0 saturated carbocycles. The van der Waals surface area contributed by atoms with Crippen LogP contribution in [0.2, 0.25) is 0 Å². The van der Waals surface area contributed by atoms with E-state index in [1.165, 1.54) is 0 Å². The Morgan fingerprint density at radius 1 is 1.00 bits per heavy atom. The Balaban J connectivity index is 1.34. The molecular weight excluding hydrogens is 490 g/mol. The van der Waals surface area contributed by atoms with Crippen molar-refractivity contribution < 1.29 is 9.59 Å². The predicted molar refractivity (Wildman–Crippen MR) is 151 cm³/mol. The van der Waals surface area contributed by atoms with Crippen LogP contribution in [0.3, 0.4) is 0 Å². The van der Waals surface area contributed by atoms with Crippen LogP contribution in [0.5, 0.6) is 0 Å². The highest BCUT2D eigenvalue weighted by molar-refractivity contribution is 6.07. The lowest BCUT2D eigenvalue weighted by Crippen LogP contribution is -2.47. The molecule has 5 heterocycles. The van der Waals surface area contributed by atoms with Gasteiger partial charge in [0.25, 0.3) is 17.4 Å². The molecule has 0 spiro atoms. The van der Waals surface area contributed by atoms with Gasteiger partial charge in [0.15, 0.2) is 0 Å². The summed E-state index contributed by atoms with van der Waals surface area (Å²) in [6.45, 7) is 5.14. The van der Waals surface area contributed by atoms with Crippen LogP contribution in [0.15, 0.2) is 65.7 Å². The lowest BCUT2D eigenvalue weighted by Gasteiger charge is -2.44. The highest BCUT2D eigenvalue weighted by atomic mass is 16.2. The number of pyridine rings is 2. The third kappa shape index (κ3) is 4.95. The van der Waals surface area contributed by atoms with Gasteiger partial charge in [0.2, 0.25) is 0 Å². The fourth-order valence-electron chi connectivity index (χ4n) is 6.69. The van der Waals surface area contributed by atoms with Gasteiger partial charge < -0.3 is 19.7 Å².